The van der Waals surface area contributed by atoms with E-state index >= 15 is 0 Å². The molecular formula is C18H18F3N3O5S. The Morgan fingerprint density at radius 3 is 2.60 bits per heavy atom. The van der Waals surface area contributed by atoms with E-state index in [0.29, 0.717) is 31.4 Å². The lowest BCUT2D eigenvalue weighted by molar-refractivity contribution is -0.147. The number of nitrogens with zero attached hydrogens (tertiary/aromatic N) is 2. The number of nitrogens with one attached hydrogen (secondary N) is 1. The number of carbonyl (C=O) groups excluding carboxylic acids is 1. The number of aliphatic carboxylic acids is 1. The van der Waals surface area contributed by atoms with Crippen molar-refractivity contribution in [2.45, 2.75) is 44.9 Å². The molecule has 30 heavy (non-hydrogen) atoms. The first kappa shape index (κ1) is 20.8. The van der Waals surface area contributed by atoms with Crippen molar-refractivity contribution in [1.29, 1.82) is 0 Å². The van der Waals surface area contributed by atoms with Crippen LogP contribution in [-0.2, 0) is 33.5 Å². The third-order valence-electron chi connectivity index (χ3n) is 5.37. The van der Waals surface area contributed by atoms with Crippen molar-refractivity contribution in [3.63, 3.8) is 0 Å². The molecule has 1 aliphatic carbocycles. The Bertz CT molecular complexity index is 971. The number of fused-ring (bicyclic) bond motifs is 1. The number of hydrogen-bond donors (Lipinski definition) is 2. The molecule has 2 aromatic heterocycles. The smallest absolute Gasteiger partial charge is 0.455 e. The van der Waals surface area contributed by atoms with Gasteiger partial charge in [-0.3, -0.25) is 9.59 Å². The monoisotopic (exact) mass is 445 g/mol. The molecule has 3 heterocycles. The standard InChI is InChI=1S/C18H18F3N3O5S/c19-18(20,21)17-23-14(29-24-17)12-10-5-6-28-7-11(10)30-15(12)22-13(25)8-3-1-2-4-9(8)16(26)27/h8-9H,1-7H2,(H,22,25)(H,26,27)/t8-,9-/m0/s1. The van der Waals surface area contributed by atoms with E-state index in [9.17, 15) is 27.9 Å². The Morgan fingerprint density at radius 1 is 1.20 bits per heavy atom. The fourth-order valence-corrected chi connectivity index (χ4v) is 5.11. The molecule has 1 saturated carbocycles. The zero-order valence-corrected chi connectivity index (χ0v) is 16.4. The summed E-state index contributed by atoms with van der Waals surface area (Å²) in [4.78, 5) is 28.7. The van der Waals surface area contributed by atoms with Crippen LogP contribution in [0.3, 0.4) is 0 Å². The average Bonchev–Trinajstić information content (AvgIpc) is 3.32. The van der Waals surface area contributed by atoms with Gasteiger partial charge in [-0.2, -0.15) is 18.2 Å². The summed E-state index contributed by atoms with van der Waals surface area (Å²) in [5.74, 6) is -4.75. The highest BCUT2D eigenvalue weighted by Gasteiger charge is 2.39. The number of aromatic nitrogens is 2. The van der Waals surface area contributed by atoms with Gasteiger partial charge < -0.3 is 19.7 Å². The lowest BCUT2D eigenvalue weighted by Crippen LogP contribution is -2.36. The third kappa shape index (κ3) is 3.93. The van der Waals surface area contributed by atoms with Crippen LogP contribution >= 0.6 is 11.3 Å². The third-order valence-corrected chi connectivity index (χ3v) is 6.49. The molecule has 0 radical (unpaired) electrons. The Balaban J connectivity index is 1.68. The largest absolute Gasteiger partial charge is 0.481 e. The molecule has 2 N–H and O–H groups in total. The molecule has 4 rings (SSSR count). The summed E-state index contributed by atoms with van der Waals surface area (Å²) in [6.07, 6.45) is -2.02. The van der Waals surface area contributed by atoms with Crippen molar-refractivity contribution in [3.8, 4) is 11.5 Å². The van der Waals surface area contributed by atoms with Crippen LogP contribution in [0.15, 0.2) is 4.52 Å². The van der Waals surface area contributed by atoms with Crippen LogP contribution in [0.25, 0.3) is 11.5 Å². The second kappa shape index (κ2) is 7.99. The number of amides is 1. The summed E-state index contributed by atoms with van der Waals surface area (Å²) >= 11 is 1.16. The highest BCUT2D eigenvalue weighted by molar-refractivity contribution is 7.17. The summed E-state index contributed by atoms with van der Waals surface area (Å²) < 4.78 is 49.1. The molecule has 8 nitrogen and oxygen atoms in total. The normalized spacial score (nSPS) is 21.8. The molecule has 0 spiro atoms. The summed E-state index contributed by atoms with van der Waals surface area (Å²) in [5.41, 5.74) is 0.940. The molecule has 2 aromatic rings. The van der Waals surface area contributed by atoms with E-state index in [4.69, 9.17) is 9.26 Å². The minimum absolute atomic E-state index is 0.248. The van der Waals surface area contributed by atoms with Gasteiger partial charge in [-0.1, -0.05) is 18.0 Å². The van der Waals surface area contributed by atoms with E-state index < -0.39 is 35.7 Å². The number of carboxylic acid groups (broad SMARTS) is 1. The number of anilines is 1. The van der Waals surface area contributed by atoms with Crippen molar-refractivity contribution in [2.24, 2.45) is 11.8 Å². The maximum Gasteiger partial charge on any atom is 0.455 e. The first-order valence-electron chi connectivity index (χ1n) is 9.43. The van der Waals surface area contributed by atoms with Crippen LogP contribution in [0.1, 0.15) is 41.9 Å². The summed E-state index contributed by atoms with van der Waals surface area (Å²) in [7, 11) is 0. The van der Waals surface area contributed by atoms with Crippen LogP contribution in [0.4, 0.5) is 18.2 Å². The molecule has 1 amide bonds. The number of alkyl halides is 3. The maximum absolute atomic E-state index is 12.9. The Morgan fingerprint density at radius 2 is 1.93 bits per heavy atom. The van der Waals surface area contributed by atoms with Gasteiger partial charge >= 0.3 is 12.1 Å². The number of halogens is 3. The van der Waals surface area contributed by atoms with Crippen molar-refractivity contribution < 1.29 is 37.1 Å². The van der Waals surface area contributed by atoms with Crippen LogP contribution in [0, 0.1) is 11.8 Å². The summed E-state index contributed by atoms with van der Waals surface area (Å²) in [6.45, 7) is 0.623. The lowest BCUT2D eigenvalue weighted by Gasteiger charge is -2.27. The number of ether oxygens (including phenoxy) is 1. The maximum atomic E-state index is 12.9. The molecule has 0 saturated heterocycles. The Hall–Kier alpha value is -2.47. The molecule has 1 fully saturated rings. The van der Waals surface area contributed by atoms with Crippen LogP contribution in [-0.4, -0.2) is 33.7 Å². The van der Waals surface area contributed by atoms with Gasteiger partial charge in [0.05, 0.1) is 30.6 Å². The number of rotatable bonds is 4. The van der Waals surface area contributed by atoms with Crippen LogP contribution in [0.5, 0.6) is 0 Å². The molecule has 2 aliphatic rings. The molecule has 2 atom stereocenters. The topological polar surface area (TPSA) is 115 Å². The fourth-order valence-electron chi connectivity index (χ4n) is 3.93. The SMILES string of the molecule is O=C(O)[C@H]1CCCC[C@@H]1C(=O)Nc1sc2c(c1-c1nc(C(F)(F)F)no1)CCOC2. The van der Waals surface area contributed by atoms with Gasteiger partial charge in [-0.15, -0.1) is 11.3 Å². The quantitative estimate of drug-likeness (QED) is 0.737. The van der Waals surface area contributed by atoms with Gasteiger partial charge in [0.1, 0.15) is 5.00 Å². The molecule has 0 unspecified atom stereocenters. The second-order valence-electron chi connectivity index (χ2n) is 7.26. The summed E-state index contributed by atoms with van der Waals surface area (Å²) in [6, 6.07) is 0. The predicted molar refractivity (Wildman–Crippen MR) is 97.7 cm³/mol. The van der Waals surface area contributed by atoms with Crippen LogP contribution < -0.4 is 5.32 Å². The van der Waals surface area contributed by atoms with Gasteiger partial charge in [0.15, 0.2) is 0 Å². The second-order valence-corrected chi connectivity index (χ2v) is 8.36. The van der Waals surface area contributed by atoms with Gasteiger partial charge in [0, 0.05) is 4.88 Å². The zero-order chi connectivity index (χ0) is 21.5. The zero-order valence-electron chi connectivity index (χ0n) is 15.6. The molecule has 12 heteroatoms. The van der Waals surface area contributed by atoms with E-state index in [0.717, 1.165) is 29.1 Å². The first-order chi connectivity index (χ1) is 14.3. The van der Waals surface area contributed by atoms with E-state index in [1.165, 1.54) is 0 Å². The van der Waals surface area contributed by atoms with Crippen molar-refractivity contribution >= 4 is 28.2 Å². The highest BCUT2D eigenvalue weighted by atomic mass is 32.1. The van der Waals surface area contributed by atoms with E-state index in [-0.39, 0.29) is 23.1 Å². The molecule has 162 valence electrons. The molecular weight excluding hydrogens is 427 g/mol. The first-order valence-corrected chi connectivity index (χ1v) is 10.2. The Labute approximate surface area is 172 Å². The minimum Gasteiger partial charge on any atom is -0.481 e. The highest BCUT2D eigenvalue weighted by Crippen LogP contribution is 2.44. The Kier molecular flexibility index (Phi) is 5.53. The van der Waals surface area contributed by atoms with E-state index in [1.54, 1.807) is 0 Å². The van der Waals surface area contributed by atoms with Crippen molar-refractivity contribution in [2.75, 3.05) is 11.9 Å². The fraction of sp³-hybridized carbons (Fsp3) is 0.556. The van der Waals surface area contributed by atoms with Gasteiger partial charge in [0.25, 0.3) is 11.7 Å². The number of thiophene rings is 1. The van der Waals surface area contributed by atoms with Crippen molar-refractivity contribution in [3.05, 3.63) is 16.3 Å². The summed E-state index contributed by atoms with van der Waals surface area (Å²) in [5, 5.41) is 15.4. The van der Waals surface area contributed by atoms with Crippen molar-refractivity contribution in [1.82, 2.24) is 10.1 Å². The van der Waals surface area contributed by atoms with Crippen LogP contribution in [0.2, 0.25) is 0 Å². The number of carboxylic acids is 1. The molecule has 0 bridgehead atoms. The minimum atomic E-state index is -4.76. The van der Waals surface area contributed by atoms with Gasteiger partial charge in [-0.05, 0) is 24.8 Å². The average molecular weight is 445 g/mol. The molecule has 0 aromatic carbocycles. The van der Waals surface area contributed by atoms with Gasteiger partial charge in [0.2, 0.25) is 5.91 Å². The lowest BCUT2D eigenvalue weighted by atomic mass is 9.79. The predicted octanol–water partition coefficient (Wildman–Crippen LogP) is 3.72. The van der Waals surface area contributed by atoms with E-state index in [2.05, 4.69) is 15.5 Å². The number of carbonyl (C=O) groups is 2. The number of hydrogen-bond acceptors (Lipinski definition) is 7. The van der Waals surface area contributed by atoms with Gasteiger partial charge in [-0.25, -0.2) is 0 Å². The van der Waals surface area contributed by atoms with E-state index in [1.807, 2.05) is 0 Å². The molecule has 1 aliphatic heterocycles.